The largest absolute Gasteiger partial charge is 0.0619 e. The quantitative estimate of drug-likeness (QED) is 0.157. The van der Waals surface area contributed by atoms with Gasteiger partial charge in [-0.25, -0.2) is 0 Å². The Hall–Kier alpha value is -7.28. The molecule has 0 heteroatoms. The average molecular weight is 749 g/mol. The predicted octanol–water partition coefficient (Wildman–Crippen LogP) is 16.4. The van der Waals surface area contributed by atoms with E-state index in [0.29, 0.717) is 0 Å². The van der Waals surface area contributed by atoms with Crippen molar-refractivity contribution in [3.05, 3.63) is 217 Å². The van der Waals surface area contributed by atoms with Crippen LogP contribution < -0.4 is 0 Å². The van der Waals surface area contributed by atoms with Crippen molar-refractivity contribution in [2.75, 3.05) is 0 Å². The van der Waals surface area contributed by atoms with E-state index in [9.17, 15) is 0 Å². The van der Waals surface area contributed by atoms with Crippen LogP contribution >= 0.6 is 0 Å². The van der Waals surface area contributed by atoms with E-state index in [4.69, 9.17) is 0 Å². The van der Waals surface area contributed by atoms with Crippen molar-refractivity contribution in [2.24, 2.45) is 0 Å². The van der Waals surface area contributed by atoms with Crippen LogP contribution in [0.15, 0.2) is 206 Å². The molecule has 276 valence electrons. The highest BCUT2D eigenvalue weighted by Crippen LogP contribution is 2.49. The standard InChI is InChI=1S/C59H40/c1-59(2)57-13-6-5-12-55(57)56-29-24-46(36-58(56)59)45-23-28-54-50(35-45)19-18-49-34-44(22-27-53(49)54)43-21-26-52-48(33-43)17-16-47-32-42(20-25-51(47)52)40-11-7-10-39(31-40)41-15-14-37-8-3-4-9-38(37)30-41/h3-36H,1-2H3. The van der Waals surface area contributed by atoms with Crippen LogP contribution in [0.25, 0.3) is 109 Å². The van der Waals surface area contributed by atoms with Crippen LogP contribution in [0.2, 0.25) is 0 Å². The lowest BCUT2D eigenvalue weighted by molar-refractivity contribution is 0.660. The second-order valence-electron chi connectivity index (χ2n) is 16.9. The van der Waals surface area contributed by atoms with Crippen LogP contribution in [0.3, 0.4) is 0 Å². The zero-order chi connectivity index (χ0) is 39.2. The predicted molar refractivity (Wildman–Crippen MR) is 253 cm³/mol. The van der Waals surface area contributed by atoms with Crippen LogP contribution in [-0.2, 0) is 5.41 Å². The molecule has 59 heavy (non-hydrogen) atoms. The van der Waals surface area contributed by atoms with E-state index in [1.54, 1.807) is 0 Å². The van der Waals surface area contributed by atoms with E-state index in [-0.39, 0.29) is 5.41 Å². The number of rotatable bonds is 4. The van der Waals surface area contributed by atoms with Crippen LogP contribution in [0, 0.1) is 0 Å². The zero-order valence-electron chi connectivity index (χ0n) is 33.1. The van der Waals surface area contributed by atoms with Gasteiger partial charge < -0.3 is 0 Å². The van der Waals surface area contributed by atoms with Crippen LogP contribution in [0.4, 0.5) is 0 Å². The van der Waals surface area contributed by atoms with Gasteiger partial charge >= 0.3 is 0 Å². The SMILES string of the molecule is CC1(C)c2ccccc2-c2ccc(-c3ccc4c(ccc5cc(-c6ccc7c(ccc8cc(-c9cccc(-c%10ccc%11ccccc%11c%10)c9)ccc87)c6)ccc54)c3)cc21. The third kappa shape index (κ3) is 5.44. The second kappa shape index (κ2) is 12.9. The van der Waals surface area contributed by atoms with E-state index < -0.39 is 0 Å². The van der Waals surface area contributed by atoms with Crippen molar-refractivity contribution in [3.8, 4) is 55.6 Å². The van der Waals surface area contributed by atoms with Crippen LogP contribution in [-0.4, -0.2) is 0 Å². The maximum atomic E-state index is 2.42. The van der Waals surface area contributed by atoms with Gasteiger partial charge in [-0.05, 0) is 163 Å². The lowest BCUT2D eigenvalue weighted by Crippen LogP contribution is -2.14. The lowest BCUT2D eigenvalue weighted by Gasteiger charge is -2.22. The molecule has 0 amide bonds. The monoisotopic (exact) mass is 748 g/mol. The summed E-state index contributed by atoms with van der Waals surface area (Å²) in [5, 5.41) is 12.7. The second-order valence-corrected chi connectivity index (χ2v) is 16.9. The minimum Gasteiger partial charge on any atom is -0.0619 e. The third-order valence-electron chi connectivity index (χ3n) is 13.2. The molecular formula is C59H40. The highest BCUT2D eigenvalue weighted by molar-refractivity contribution is 6.11. The van der Waals surface area contributed by atoms with Crippen LogP contribution in [0.5, 0.6) is 0 Å². The maximum Gasteiger partial charge on any atom is 0.0159 e. The summed E-state index contributed by atoms with van der Waals surface area (Å²) in [6.45, 7) is 4.71. The number of fused-ring (bicyclic) bond motifs is 10. The molecule has 0 aliphatic heterocycles. The first-order chi connectivity index (χ1) is 28.9. The first-order valence-corrected chi connectivity index (χ1v) is 20.7. The molecule has 1 aliphatic rings. The summed E-state index contributed by atoms with van der Waals surface area (Å²) in [5.74, 6) is 0. The number of benzene rings is 11. The van der Waals surface area contributed by atoms with Crippen molar-refractivity contribution in [2.45, 2.75) is 19.3 Å². The summed E-state index contributed by atoms with van der Waals surface area (Å²) < 4.78 is 0. The highest BCUT2D eigenvalue weighted by Gasteiger charge is 2.35. The average Bonchev–Trinajstić information content (AvgIpc) is 3.53. The van der Waals surface area contributed by atoms with E-state index in [0.717, 1.165) is 0 Å². The maximum absolute atomic E-state index is 2.42. The Labute approximate surface area is 344 Å². The van der Waals surface area contributed by atoms with Gasteiger partial charge in [0, 0.05) is 5.41 Å². The summed E-state index contributed by atoms with van der Waals surface area (Å²) in [5.41, 5.74) is 15.5. The zero-order valence-corrected chi connectivity index (χ0v) is 33.1. The number of hydrogen-bond donors (Lipinski definition) is 0. The van der Waals surface area contributed by atoms with Gasteiger partial charge in [0.05, 0.1) is 0 Å². The molecule has 0 N–H and O–H groups in total. The third-order valence-corrected chi connectivity index (χ3v) is 13.2. The fraction of sp³-hybridized carbons (Fsp3) is 0.0508. The molecule has 0 nitrogen and oxygen atoms in total. The van der Waals surface area contributed by atoms with Crippen molar-refractivity contribution < 1.29 is 0 Å². The van der Waals surface area contributed by atoms with Gasteiger partial charge in [0.1, 0.15) is 0 Å². The van der Waals surface area contributed by atoms with Gasteiger partial charge in [0.2, 0.25) is 0 Å². The minimum absolute atomic E-state index is 0.0105. The molecule has 0 radical (unpaired) electrons. The topological polar surface area (TPSA) is 0 Å². The summed E-state index contributed by atoms with van der Waals surface area (Å²) >= 11 is 0. The molecule has 0 fully saturated rings. The Morgan fingerprint density at radius 2 is 0.610 bits per heavy atom. The molecule has 0 aromatic heterocycles. The van der Waals surface area contributed by atoms with Gasteiger partial charge in [-0.2, -0.15) is 0 Å². The fourth-order valence-corrected chi connectivity index (χ4v) is 9.99. The first kappa shape index (κ1) is 33.8. The van der Waals surface area contributed by atoms with Crippen molar-refractivity contribution >= 4 is 53.9 Å². The first-order valence-electron chi connectivity index (χ1n) is 20.7. The molecule has 11 aromatic rings. The van der Waals surface area contributed by atoms with E-state index in [1.807, 2.05) is 0 Å². The lowest BCUT2D eigenvalue weighted by atomic mass is 9.81. The molecule has 0 bridgehead atoms. The Bertz CT molecular complexity index is 3530. The molecule has 0 spiro atoms. The highest BCUT2D eigenvalue weighted by atomic mass is 14.4. The van der Waals surface area contributed by atoms with E-state index in [1.165, 1.54) is 121 Å². The molecule has 1 aliphatic carbocycles. The summed E-state index contributed by atoms with van der Waals surface area (Å²) in [4.78, 5) is 0. The summed E-state index contributed by atoms with van der Waals surface area (Å²) in [7, 11) is 0. The summed E-state index contributed by atoms with van der Waals surface area (Å²) in [6, 6.07) is 77.0. The molecule has 12 rings (SSSR count). The van der Waals surface area contributed by atoms with Crippen LogP contribution in [0.1, 0.15) is 25.0 Å². The number of hydrogen-bond acceptors (Lipinski definition) is 0. The van der Waals surface area contributed by atoms with Gasteiger partial charge in [-0.15, -0.1) is 0 Å². The Kier molecular flexibility index (Phi) is 7.38. The molecule has 11 aromatic carbocycles. The van der Waals surface area contributed by atoms with Gasteiger partial charge in [0.15, 0.2) is 0 Å². The van der Waals surface area contributed by atoms with E-state index in [2.05, 4.69) is 220 Å². The fourth-order valence-electron chi connectivity index (χ4n) is 9.99. The molecule has 0 saturated carbocycles. The van der Waals surface area contributed by atoms with Gasteiger partial charge in [0.25, 0.3) is 0 Å². The molecule has 0 atom stereocenters. The Morgan fingerprint density at radius 1 is 0.237 bits per heavy atom. The smallest absolute Gasteiger partial charge is 0.0159 e. The summed E-state index contributed by atoms with van der Waals surface area (Å²) in [6.07, 6.45) is 0. The Morgan fingerprint density at radius 3 is 1.15 bits per heavy atom. The van der Waals surface area contributed by atoms with E-state index >= 15 is 0 Å². The van der Waals surface area contributed by atoms with Gasteiger partial charge in [-0.1, -0.05) is 178 Å². The van der Waals surface area contributed by atoms with Crippen molar-refractivity contribution in [3.63, 3.8) is 0 Å². The molecular weight excluding hydrogens is 709 g/mol. The van der Waals surface area contributed by atoms with Crippen molar-refractivity contribution in [1.82, 2.24) is 0 Å². The van der Waals surface area contributed by atoms with Crippen molar-refractivity contribution in [1.29, 1.82) is 0 Å². The molecule has 0 unspecified atom stereocenters. The molecule has 0 saturated heterocycles. The minimum atomic E-state index is -0.0105. The Balaban J connectivity index is 0.838. The normalized spacial score (nSPS) is 13.1. The van der Waals surface area contributed by atoms with Gasteiger partial charge in [-0.3, -0.25) is 0 Å². The molecule has 0 heterocycles.